The molecule has 4 N–H and O–H groups in total. The number of alkyl halides is 9. The molecule has 0 saturated heterocycles. The van der Waals surface area contributed by atoms with Crippen LogP contribution in [0.15, 0.2) is 42.5 Å². The van der Waals surface area contributed by atoms with Crippen molar-refractivity contribution in [2.75, 3.05) is 11.5 Å². The summed E-state index contributed by atoms with van der Waals surface area (Å²) in [7, 11) is 0. The maximum Gasteiger partial charge on any atom is 0.420 e. The molecule has 4 nitrogen and oxygen atoms in total. The van der Waals surface area contributed by atoms with Crippen LogP contribution in [0.25, 0.3) is 0 Å². The Balaban J connectivity index is 2.16. The van der Waals surface area contributed by atoms with Crippen molar-refractivity contribution in [3.8, 4) is 23.0 Å². The van der Waals surface area contributed by atoms with Crippen LogP contribution in [0.1, 0.15) is 16.7 Å². The Morgan fingerprint density at radius 1 is 0.528 bits per heavy atom. The number of nitrogens with two attached hydrogens (primary N) is 2. The molecule has 0 radical (unpaired) electrons. The van der Waals surface area contributed by atoms with Crippen molar-refractivity contribution < 1.29 is 57.8 Å². The molecular formula is C21H11F11N2O2. The summed E-state index contributed by atoms with van der Waals surface area (Å²) >= 11 is 0. The highest BCUT2D eigenvalue weighted by Gasteiger charge is 2.40. The largest absolute Gasteiger partial charge is 0.453 e. The molecule has 0 aliphatic rings. The third kappa shape index (κ3) is 5.83. The Kier molecular flexibility index (Phi) is 6.63. The van der Waals surface area contributed by atoms with Crippen molar-refractivity contribution in [1.82, 2.24) is 0 Å². The van der Waals surface area contributed by atoms with Gasteiger partial charge in [0.05, 0.1) is 11.1 Å². The van der Waals surface area contributed by atoms with Crippen molar-refractivity contribution >= 4 is 11.4 Å². The predicted octanol–water partition coefficient (Wildman–Crippen LogP) is 7.77. The molecule has 3 aromatic rings. The van der Waals surface area contributed by atoms with E-state index >= 15 is 4.39 Å². The number of ether oxygens (including phenoxy) is 2. The lowest BCUT2D eigenvalue weighted by molar-refractivity contribution is -0.139. The van der Waals surface area contributed by atoms with E-state index in [0.717, 1.165) is 0 Å². The van der Waals surface area contributed by atoms with Gasteiger partial charge in [0.2, 0.25) is 11.6 Å². The number of rotatable bonds is 4. The van der Waals surface area contributed by atoms with E-state index in [1.165, 1.54) is 0 Å². The van der Waals surface area contributed by atoms with Crippen LogP contribution in [0.5, 0.6) is 23.0 Å². The third-order valence-corrected chi connectivity index (χ3v) is 4.39. The van der Waals surface area contributed by atoms with Gasteiger partial charge in [0, 0.05) is 23.5 Å². The van der Waals surface area contributed by atoms with Gasteiger partial charge in [0.15, 0.2) is 11.6 Å². The summed E-state index contributed by atoms with van der Waals surface area (Å²) in [5.41, 5.74) is 4.49. The zero-order valence-electron chi connectivity index (χ0n) is 17.2. The highest BCUT2D eigenvalue weighted by molar-refractivity contribution is 5.54. The number of nitrogen functional groups attached to an aromatic ring is 2. The highest BCUT2D eigenvalue weighted by atomic mass is 19.4. The molecule has 0 unspecified atom stereocenters. The first kappa shape index (κ1) is 26.7. The van der Waals surface area contributed by atoms with Crippen LogP contribution in [0, 0.1) is 11.6 Å². The topological polar surface area (TPSA) is 70.5 Å². The third-order valence-electron chi connectivity index (χ3n) is 4.39. The molecule has 0 aromatic heterocycles. The van der Waals surface area contributed by atoms with E-state index in [9.17, 15) is 43.9 Å². The summed E-state index contributed by atoms with van der Waals surface area (Å²) in [5.74, 6) is -9.60. The van der Waals surface area contributed by atoms with Crippen LogP contribution in [-0.4, -0.2) is 0 Å². The summed E-state index contributed by atoms with van der Waals surface area (Å²) in [5, 5.41) is 0. The molecule has 0 bridgehead atoms. The molecule has 36 heavy (non-hydrogen) atoms. The van der Waals surface area contributed by atoms with Gasteiger partial charge in [-0.05, 0) is 30.3 Å². The van der Waals surface area contributed by atoms with Crippen molar-refractivity contribution in [3.63, 3.8) is 0 Å². The summed E-state index contributed by atoms with van der Waals surface area (Å²) < 4.78 is 157. The Morgan fingerprint density at radius 2 is 0.944 bits per heavy atom. The van der Waals surface area contributed by atoms with Crippen molar-refractivity contribution in [3.05, 3.63) is 70.8 Å². The van der Waals surface area contributed by atoms with E-state index in [4.69, 9.17) is 20.9 Å². The quantitative estimate of drug-likeness (QED) is 0.266. The van der Waals surface area contributed by atoms with Crippen LogP contribution in [0.4, 0.5) is 59.7 Å². The van der Waals surface area contributed by atoms with Gasteiger partial charge >= 0.3 is 18.5 Å². The second-order valence-electron chi connectivity index (χ2n) is 7.16. The monoisotopic (exact) mass is 532 g/mol. The van der Waals surface area contributed by atoms with E-state index in [1.807, 2.05) is 0 Å². The Bertz CT molecular complexity index is 1300. The molecule has 3 aromatic carbocycles. The number of benzene rings is 3. The second kappa shape index (κ2) is 8.95. The normalized spacial score (nSPS) is 12.5. The van der Waals surface area contributed by atoms with Crippen LogP contribution < -0.4 is 20.9 Å². The predicted molar refractivity (Wildman–Crippen MR) is 103 cm³/mol. The number of hydrogen-bond acceptors (Lipinski definition) is 4. The fraction of sp³-hybridized carbons (Fsp3) is 0.143. The molecular weight excluding hydrogens is 521 g/mol. The van der Waals surface area contributed by atoms with E-state index in [2.05, 4.69) is 0 Å². The number of anilines is 2. The smallest absolute Gasteiger partial charge is 0.420 e. The standard InChI is InChI=1S/C21H11F11N2O2/c22-15-7-14(21(30,31)32)17(35-12-3-8(19(24,25)26)1-10(33)5-12)16(23)18(15)36-13-4-9(20(27,28)29)2-11(34)6-13/h1-7H,33-34H2. The van der Waals surface area contributed by atoms with Gasteiger partial charge in [-0.1, -0.05) is 0 Å². The number of halogens is 11. The minimum atomic E-state index is -5.48. The SMILES string of the molecule is Nc1cc(Oc2c(F)cc(C(F)(F)F)c(Oc3cc(N)cc(C(F)(F)F)c3)c2F)cc(C(F)(F)F)c1. The first-order valence-corrected chi connectivity index (χ1v) is 9.26. The summed E-state index contributed by atoms with van der Waals surface area (Å²) in [4.78, 5) is 0. The van der Waals surface area contributed by atoms with Gasteiger partial charge in [-0.25, -0.2) is 4.39 Å². The van der Waals surface area contributed by atoms with Gasteiger partial charge in [-0.3, -0.25) is 0 Å². The zero-order valence-corrected chi connectivity index (χ0v) is 17.2. The molecule has 3 rings (SSSR count). The molecule has 0 amide bonds. The lowest BCUT2D eigenvalue weighted by Crippen LogP contribution is -2.11. The minimum Gasteiger partial charge on any atom is -0.453 e. The fourth-order valence-corrected chi connectivity index (χ4v) is 2.91. The maximum atomic E-state index is 15.1. The Morgan fingerprint density at radius 3 is 1.33 bits per heavy atom. The van der Waals surface area contributed by atoms with E-state index < -0.39 is 81.2 Å². The highest BCUT2D eigenvalue weighted by Crippen LogP contribution is 2.46. The van der Waals surface area contributed by atoms with Gasteiger partial charge < -0.3 is 20.9 Å². The molecule has 15 heteroatoms. The molecule has 0 saturated carbocycles. The van der Waals surface area contributed by atoms with Crippen LogP contribution >= 0.6 is 0 Å². The Hall–Kier alpha value is -3.91. The van der Waals surface area contributed by atoms with Gasteiger partial charge in [0.1, 0.15) is 17.1 Å². The molecule has 0 heterocycles. The second-order valence-corrected chi connectivity index (χ2v) is 7.16. The van der Waals surface area contributed by atoms with E-state index in [0.29, 0.717) is 24.3 Å². The summed E-state index contributed by atoms with van der Waals surface area (Å²) in [6, 6.07) is 2.37. The van der Waals surface area contributed by atoms with Crippen LogP contribution in [-0.2, 0) is 18.5 Å². The molecule has 0 aliphatic heterocycles. The lowest BCUT2D eigenvalue weighted by Gasteiger charge is -2.19. The summed E-state index contributed by atoms with van der Waals surface area (Å²) in [6.07, 6.45) is -15.5. The van der Waals surface area contributed by atoms with E-state index in [1.54, 1.807) is 0 Å². The van der Waals surface area contributed by atoms with Crippen LogP contribution in [0.2, 0.25) is 0 Å². The Labute approximate surface area is 193 Å². The van der Waals surface area contributed by atoms with Gasteiger partial charge in [0.25, 0.3) is 0 Å². The molecule has 0 fully saturated rings. The average Bonchev–Trinajstić information content (AvgIpc) is 2.70. The van der Waals surface area contributed by atoms with Crippen molar-refractivity contribution in [2.24, 2.45) is 0 Å². The fourth-order valence-electron chi connectivity index (χ4n) is 2.91. The number of hydrogen-bond donors (Lipinski definition) is 2. The maximum absolute atomic E-state index is 15.1. The van der Waals surface area contributed by atoms with Crippen molar-refractivity contribution in [2.45, 2.75) is 18.5 Å². The van der Waals surface area contributed by atoms with Gasteiger partial charge in [-0.15, -0.1) is 0 Å². The van der Waals surface area contributed by atoms with E-state index in [-0.39, 0.29) is 18.2 Å². The summed E-state index contributed by atoms with van der Waals surface area (Å²) in [6.45, 7) is 0. The molecule has 0 spiro atoms. The molecule has 194 valence electrons. The van der Waals surface area contributed by atoms with Crippen LogP contribution in [0.3, 0.4) is 0 Å². The average molecular weight is 532 g/mol. The first-order valence-electron chi connectivity index (χ1n) is 9.26. The lowest BCUT2D eigenvalue weighted by atomic mass is 10.1. The van der Waals surface area contributed by atoms with Gasteiger partial charge in [-0.2, -0.15) is 43.9 Å². The molecule has 0 aliphatic carbocycles. The van der Waals surface area contributed by atoms with Crippen molar-refractivity contribution in [1.29, 1.82) is 0 Å². The first-order chi connectivity index (χ1) is 16.4. The molecule has 0 atom stereocenters. The minimum absolute atomic E-state index is 0.202. The zero-order chi connectivity index (χ0) is 27.2.